The second kappa shape index (κ2) is 3.50. The molecule has 0 spiro atoms. The molecule has 0 atom stereocenters. The molecule has 1 aromatic heterocycles. The SMILES string of the molecule is COC(OC)c1ncc(C)[nH]1. The van der Waals surface area contributed by atoms with Crippen LogP contribution in [0.4, 0.5) is 0 Å². The summed E-state index contributed by atoms with van der Waals surface area (Å²) in [6, 6.07) is 0. The third-order valence-electron chi connectivity index (χ3n) is 1.37. The first-order valence-corrected chi connectivity index (χ1v) is 3.35. The first kappa shape index (κ1) is 8.23. The fraction of sp³-hybridized carbons (Fsp3) is 0.571. The molecule has 0 saturated heterocycles. The van der Waals surface area contributed by atoms with Crippen molar-refractivity contribution in [2.24, 2.45) is 0 Å². The first-order valence-electron chi connectivity index (χ1n) is 3.35. The summed E-state index contributed by atoms with van der Waals surface area (Å²) in [5.74, 6) is 0.701. The molecule has 4 nitrogen and oxygen atoms in total. The third kappa shape index (κ3) is 1.78. The van der Waals surface area contributed by atoms with Gasteiger partial charge in [0.1, 0.15) is 0 Å². The van der Waals surface area contributed by atoms with E-state index in [9.17, 15) is 0 Å². The van der Waals surface area contributed by atoms with E-state index in [2.05, 4.69) is 9.97 Å². The topological polar surface area (TPSA) is 47.1 Å². The van der Waals surface area contributed by atoms with Gasteiger partial charge in [-0.05, 0) is 6.92 Å². The van der Waals surface area contributed by atoms with Gasteiger partial charge in [0, 0.05) is 26.1 Å². The van der Waals surface area contributed by atoms with E-state index in [0.29, 0.717) is 5.82 Å². The van der Waals surface area contributed by atoms with Gasteiger partial charge in [-0.15, -0.1) is 0 Å². The fourth-order valence-corrected chi connectivity index (χ4v) is 0.872. The van der Waals surface area contributed by atoms with Crippen molar-refractivity contribution in [2.75, 3.05) is 14.2 Å². The number of nitrogens with zero attached hydrogens (tertiary/aromatic N) is 1. The van der Waals surface area contributed by atoms with Gasteiger partial charge < -0.3 is 14.5 Å². The van der Waals surface area contributed by atoms with Crippen LogP contribution >= 0.6 is 0 Å². The lowest BCUT2D eigenvalue weighted by atomic mass is 10.6. The molecular weight excluding hydrogens is 144 g/mol. The smallest absolute Gasteiger partial charge is 0.216 e. The lowest BCUT2D eigenvalue weighted by Gasteiger charge is -2.09. The highest BCUT2D eigenvalue weighted by molar-refractivity contribution is 4.99. The number of ether oxygens (including phenoxy) is 2. The molecule has 0 aliphatic heterocycles. The van der Waals surface area contributed by atoms with Gasteiger partial charge in [0.15, 0.2) is 5.82 Å². The van der Waals surface area contributed by atoms with Crippen molar-refractivity contribution in [3.63, 3.8) is 0 Å². The van der Waals surface area contributed by atoms with Crippen molar-refractivity contribution in [3.05, 3.63) is 17.7 Å². The zero-order chi connectivity index (χ0) is 8.27. The zero-order valence-corrected chi connectivity index (χ0v) is 6.92. The monoisotopic (exact) mass is 156 g/mol. The number of H-pyrrole nitrogens is 1. The van der Waals surface area contributed by atoms with E-state index in [0.717, 1.165) is 5.69 Å². The molecule has 0 aromatic carbocycles. The van der Waals surface area contributed by atoms with Gasteiger partial charge in [0.25, 0.3) is 0 Å². The minimum absolute atomic E-state index is 0.385. The Morgan fingerprint density at radius 1 is 1.45 bits per heavy atom. The van der Waals surface area contributed by atoms with E-state index in [1.807, 2.05) is 6.92 Å². The number of aryl methyl sites for hydroxylation is 1. The summed E-state index contributed by atoms with van der Waals surface area (Å²) in [6.45, 7) is 1.93. The maximum absolute atomic E-state index is 4.98. The van der Waals surface area contributed by atoms with Crippen LogP contribution in [0.3, 0.4) is 0 Å². The number of methoxy groups -OCH3 is 2. The van der Waals surface area contributed by atoms with Crippen molar-refractivity contribution in [1.82, 2.24) is 9.97 Å². The molecule has 0 aliphatic carbocycles. The van der Waals surface area contributed by atoms with Crippen LogP contribution in [0, 0.1) is 6.92 Å². The Morgan fingerprint density at radius 2 is 2.09 bits per heavy atom. The molecule has 11 heavy (non-hydrogen) atoms. The Morgan fingerprint density at radius 3 is 2.45 bits per heavy atom. The summed E-state index contributed by atoms with van der Waals surface area (Å²) in [5.41, 5.74) is 0.999. The molecule has 0 fully saturated rings. The molecule has 0 unspecified atom stereocenters. The molecule has 62 valence electrons. The molecule has 0 bridgehead atoms. The molecule has 1 rings (SSSR count). The molecule has 1 N–H and O–H groups in total. The average molecular weight is 156 g/mol. The third-order valence-corrected chi connectivity index (χ3v) is 1.37. The van der Waals surface area contributed by atoms with Crippen molar-refractivity contribution in [3.8, 4) is 0 Å². The van der Waals surface area contributed by atoms with Crippen LogP contribution in [-0.2, 0) is 9.47 Å². The number of hydrogen-bond acceptors (Lipinski definition) is 3. The van der Waals surface area contributed by atoms with Crippen LogP contribution in [-0.4, -0.2) is 24.2 Å². The fourth-order valence-electron chi connectivity index (χ4n) is 0.872. The van der Waals surface area contributed by atoms with Crippen LogP contribution in [0.15, 0.2) is 6.20 Å². The van der Waals surface area contributed by atoms with Gasteiger partial charge in [-0.1, -0.05) is 0 Å². The highest BCUT2D eigenvalue weighted by Crippen LogP contribution is 2.12. The van der Waals surface area contributed by atoms with Crippen LogP contribution in [0.25, 0.3) is 0 Å². The molecule has 1 aromatic rings. The van der Waals surface area contributed by atoms with Crippen molar-refractivity contribution in [2.45, 2.75) is 13.2 Å². The second-order valence-corrected chi connectivity index (χ2v) is 2.25. The number of hydrogen-bond donors (Lipinski definition) is 1. The summed E-state index contributed by atoms with van der Waals surface area (Å²) in [4.78, 5) is 7.07. The predicted molar refractivity (Wildman–Crippen MR) is 40.1 cm³/mol. The predicted octanol–water partition coefficient (Wildman–Crippen LogP) is 1.01. The maximum Gasteiger partial charge on any atom is 0.216 e. The summed E-state index contributed by atoms with van der Waals surface area (Å²) in [7, 11) is 3.15. The van der Waals surface area contributed by atoms with Gasteiger partial charge in [-0.3, -0.25) is 0 Å². The summed E-state index contributed by atoms with van der Waals surface area (Å²) in [5, 5.41) is 0. The molecule has 0 aliphatic rings. The van der Waals surface area contributed by atoms with Crippen LogP contribution in [0.2, 0.25) is 0 Å². The normalized spacial score (nSPS) is 10.9. The minimum Gasteiger partial charge on any atom is -0.349 e. The summed E-state index contributed by atoms with van der Waals surface area (Å²) in [6.07, 6.45) is 1.35. The highest BCUT2D eigenvalue weighted by atomic mass is 16.7. The first-order chi connectivity index (χ1) is 5.27. The van der Waals surface area contributed by atoms with Crippen LogP contribution in [0.1, 0.15) is 17.8 Å². The van der Waals surface area contributed by atoms with E-state index >= 15 is 0 Å². The highest BCUT2D eigenvalue weighted by Gasteiger charge is 2.10. The molecule has 0 radical (unpaired) electrons. The zero-order valence-electron chi connectivity index (χ0n) is 6.92. The van der Waals surface area contributed by atoms with E-state index in [1.165, 1.54) is 0 Å². The largest absolute Gasteiger partial charge is 0.349 e. The molecule has 0 saturated carbocycles. The Labute approximate surface area is 65.5 Å². The quantitative estimate of drug-likeness (QED) is 0.664. The van der Waals surface area contributed by atoms with Gasteiger partial charge >= 0.3 is 0 Å². The van der Waals surface area contributed by atoms with Gasteiger partial charge in [0.05, 0.1) is 0 Å². The molecule has 0 amide bonds. The Kier molecular flexibility index (Phi) is 2.62. The van der Waals surface area contributed by atoms with E-state index in [4.69, 9.17) is 9.47 Å². The summed E-state index contributed by atoms with van der Waals surface area (Å²) >= 11 is 0. The standard InChI is InChI=1S/C7H12N2O2/c1-5-4-8-6(9-5)7(10-2)11-3/h4,7H,1-3H3,(H,8,9). The number of nitrogens with one attached hydrogen (secondary N) is 1. The van der Waals surface area contributed by atoms with Crippen molar-refractivity contribution in [1.29, 1.82) is 0 Å². The number of imidazole rings is 1. The number of rotatable bonds is 3. The maximum atomic E-state index is 4.98. The lowest BCUT2D eigenvalue weighted by Crippen LogP contribution is -2.05. The average Bonchev–Trinajstić information content (AvgIpc) is 2.39. The second-order valence-electron chi connectivity index (χ2n) is 2.25. The van der Waals surface area contributed by atoms with E-state index in [-0.39, 0.29) is 6.29 Å². The van der Waals surface area contributed by atoms with Crippen LogP contribution < -0.4 is 0 Å². The van der Waals surface area contributed by atoms with Gasteiger partial charge in [-0.25, -0.2) is 4.98 Å². The van der Waals surface area contributed by atoms with Gasteiger partial charge in [-0.2, -0.15) is 0 Å². The number of aromatic nitrogens is 2. The molecular formula is C7H12N2O2. The van der Waals surface area contributed by atoms with Gasteiger partial charge in [0.2, 0.25) is 6.29 Å². The van der Waals surface area contributed by atoms with Crippen molar-refractivity contribution >= 4 is 0 Å². The number of aromatic amines is 1. The Bertz CT molecular complexity index is 218. The minimum atomic E-state index is -0.385. The Hall–Kier alpha value is -0.870. The van der Waals surface area contributed by atoms with Crippen molar-refractivity contribution < 1.29 is 9.47 Å². The summed E-state index contributed by atoms with van der Waals surface area (Å²) < 4.78 is 9.97. The van der Waals surface area contributed by atoms with E-state index in [1.54, 1.807) is 20.4 Å². The van der Waals surface area contributed by atoms with Crippen LogP contribution in [0.5, 0.6) is 0 Å². The van der Waals surface area contributed by atoms with E-state index < -0.39 is 0 Å². The molecule has 4 heteroatoms. The molecule has 1 heterocycles. The Balaban J connectivity index is 2.73. The lowest BCUT2D eigenvalue weighted by molar-refractivity contribution is -0.111.